The lowest BCUT2D eigenvalue weighted by Gasteiger charge is -2.24. The molecule has 3 N–H and O–H groups in total. The molecule has 12 heteroatoms. The summed E-state index contributed by atoms with van der Waals surface area (Å²) in [5.41, 5.74) is 4.26. The normalized spacial score (nSPS) is 16.0. The number of carbonyl (C=O) groups excluding carboxylic acids is 1. The van der Waals surface area contributed by atoms with Gasteiger partial charge in [-0.2, -0.15) is 5.10 Å². The lowest BCUT2D eigenvalue weighted by molar-refractivity contribution is 0.0884. The number of nitrogens with one attached hydrogen (secondary N) is 2. The number of nitrogens with zero attached hydrogens (tertiary/aromatic N) is 7. The summed E-state index contributed by atoms with van der Waals surface area (Å²) in [6.07, 6.45) is 6.04. The van der Waals surface area contributed by atoms with Crippen molar-refractivity contribution >= 4 is 17.5 Å². The summed E-state index contributed by atoms with van der Waals surface area (Å²) in [5.74, 6) is 0.392. The summed E-state index contributed by atoms with van der Waals surface area (Å²) in [6, 6.07) is 7.68. The minimum Gasteiger partial charge on any atom is -0.416 e. The summed E-state index contributed by atoms with van der Waals surface area (Å²) in [6.45, 7) is 7.68. The van der Waals surface area contributed by atoms with E-state index in [0.29, 0.717) is 24.9 Å². The minimum atomic E-state index is -0.425. The Balaban J connectivity index is 1.41. The second kappa shape index (κ2) is 10.9. The first kappa shape index (κ1) is 26.4. The van der Waals surface area contributed by atoms with Crippen LogP contribution in [-0.2, 0) is 18.9 Å². The van der Waals surface area contributed by atoms with Gasteiger partial charge in [0.1, 0.15) is 0 Å². The number of amides is 1. The van der Waals surface area contributed by atoms with Crippen molar-refractivity contribution in [3.05, 3.63) is 65.8 Å². The highest BCUT2D eigenvalue weighted by molar-refractivity contribution is 5.89. The summed E-state index contributed by atoms with van der Waals surface area (Å²) in [7, 11) is 1.85. The van der Waals surface area contributed by atoms with E-state index in [1.807, 2.05) is 52.2 Å². The van der Waals surface area contributed by atoms with Crippen LogP contribution in [0, 0.1) is 0 Å². The summed E-state index contributed by atoms with van der Waals surface area (Å²) in [4.78, 5) is 24.3. The number of aromatic nitrogens is 6. The first-order chi connectivity index (χ1) is 18.7. The van der Waals surface area contributed by atoms with Gasteiger partial charge in [0.2, 0.25) is 11.8 Å². The van der Waals surface area contributed by atoms with Gasteiger partial charge in [0, 0.05) is 50.1 Å². The molecule has 5 rings (SSSR count). The van der Waals surface area contributed by atoms with Crippen molar-refractivity contribution < 1.29 is 14.3 Å². The number of benzene rings is 1. The lowest BCUT2D eigenvalue weighted by Crippen LogP contribution is -2.38. The molecule has 1 unspecified atom stereocenters. The van der Waals surface area contributed by atoms with Crippen LogP contribution in [-0.4, -0.2) is 72.1 Å². The number of hydrogen-bond donors (Lipinski definition) is 3. The van der Waals surface area contributed by atoms with Crippen molar-refractivity contribution in [2.75, 3.05) is 31.6 Å². The van der Waals surface area contributed by atoms with E-state index in [4.69, 9.17) is 9.40 Å². The molecule has 1 aliphatic rings. The number of aryl methyl sites for hydroxylation is 1. The Morgan fingerprint density at radius 2 is 2.08 bits per heavy atom. The highest BCUT2D eigenvalue weighted by Gasteiger charge is 2.29. The Kier molecular flexibility index (Phi) is 7.40. The summed E-state index contributed by atoms with van der Waals surface area (Å²) in [5, 5.41) is 28.0. The Labute approximate surface area is 226 Å². The van der Waals surface area contributed by atoms with Gasteiger partial charge in [0.05, 0.1) is 30.2 Å². The van der Waals surface area contributed by atoms with Gasteiger partial charge in [-0.25, -0.2) is 9.97 Å². The predicted octanol–water partition coefficient (Wildman–Crippen LogP) is 2.62. The third-order valence-corrected chi connectivity index (χ3v) is 6.55. The van der Waals surface area contributed by atoms with Crippen molar-refractivity contribution in [2.45, 2.75) is 38.6 Å². The van der Waals surface area contributed by atoms with Crippen LogP contribution in [0.3, 0.4) is 0 Å². The number of aliphatic hydroxyl groups is 1. The van der Waals surface area contributed by atoms with Crippen LogP contribution in [0.4, 0.5) is 11.6 Å². The maximum absolute atomic E-state index is 13.1. The smallest absolute Gasteiger partial charge is 0.309 e. The zero-order chi connectivity index (χ0) is 27.6. The molecule has 1 amide bonds. The molecule has 0 fully saturated rings. The Morgan fingerprint density at radius 3 is 2.79 bits per heavy atom. The van der Waals surface area contributed by atoms with Gasteiger partial charge >= 0.3 is 11.8 Å². The molecule has 0 saturated carbocycles. The van der Waals surface area contributed by atoms with Crippen LogP contribution in [0.25, 0.3) is 11.3 Å². The minimum absolute atomic E-state index is 0.0362. The SMILES string of the molecule is Cn1cc(Nc2nccc(-c3ccc4c(c3)CCN(CCO)CC4NC(=O)c3nnc(C(C)(C)C)o3)n2)cn1. The number of hydrogen-bond acceptors (Lipinski definition) is 10. The average molecular weight is 532 g/mol. The molecule has 3 aromatic heterocycles. The van der Waals surface area contributed by atoms with E-state index in [0.717, 1.165) is 41.0 Å². The third-order valence-electron chi connectivity index (χ3n) is 6.55. The molecule has 0 spiro atoms. The van der Waals surface area contributed by atoms with Gasteiger partial charge in [-0.1, -0.05) is 32.9 Å². The van der Waals surface area contributed by atoms with Crippen molar-refractivity contribution in [1.29, 1.82) is 0 Å². The van der Waals surface area contributed by atoms with Crippen LogP contribution < -0.4 is 10.6 Å². The van der Waals surface area contributed by atoms with Crippen LogP contribution in [0.15, 0.2) is 47.3 Å². The van der Waals surface area contributed by atoms with Gasteiger partial charge < -0.3 is 20.2 Å². The molecule has 0 bridgehead atoms. The zero-order valence-corrected chi connectivity index (χ0v) is 22.5. The average Bonchev–Trinajstić information content (AvgIpc) is 3.53. The number of aliphatic hydroxyl groups excluding tert-OH is 1. The Morgan fingerprint density at radius 1 is 1.23 bits per heavy atom. The molecule has 39 heavy (non-hydrogen) atoms. The standard InChI is InChI=1S/C27H33N9O3/c1-27(2,3)25-34-33-24(39-25)23(38)31-22-16-36(11-12-37)10-8-17-13-18(5-6-20(17)22)21-7-9-28-26(32-21)30-19-14-29-35(4)15-19/h5-7,9,13-15,22,37H,8,10-12,16H2,1-4H3,(H,31,38)(H,28,30,32). The van der Waals surface area contributed by atoms with E-state index in [9.17, 15) is 9.90 Å². The monoisotopic (exact) mass is 531 g/mol. The van der Waals surface area contributed by atoms with Crippen molar-refractivity contribution in [3.8, 4) is 11.3 Å². The van der Waals surface area contributed by atoms with E-state index in [-0.39, 0.29) is 24.0 Å². The van der Waals surface area contributed by atoms with E-state index in [1.54, 1.807) is 17.1 Å². The quantitative estimate of drug-likeness (QED) is 0.325. The van der Waals surface area contributed by atoms with E-state index >= 15 is 0 Å². The maximum atomic E-state index is 13.1. The molecule has 204 valence electrons. The molecule has 0 aliphatic carbocycles. The van der Waals surface area contributed by atoms with Gasteiger partial charge in [0.15, 0.2) is 0 Å². The van der Waals surface area contributed by atoms with Gasteiger partial charge in [-0.15, -0.1) is 10.2 Å². The molecule has 1 atom stereocenters. The van der Waals surface area contributed by atoms with Crippen molar-refractivity contribution in [1.82, 2.24) is 40.2 Å². The molecule has 0 saturated heterocycles. The van der Waals surface area contributed by atoms with Crippen molar-refractivity contribution in [3.63, 3.8) is 0 Å². The number of fused-ring (bicyclic) bond motifs is 1. The molecule has 12 nitrogen and oxygen atoms in total. The van der Waals surface area contributed by atoms with Crippen LogP contribution in [0.2, 0.25) is 0 Å². The number of β-amino-alcohol motifs (C(OH)–C–C–N with tert-alkyl or cyclic N) is 1. The fourth-order valence-electron chi connectivity index (χ4n) is 4.55. The van der Waals surface area contributed by atoms with Crippen LogP contribution in [0.5, 0.6) is 0 Å². The van der Waals surface area contributed by atoms with Crippen LogP contribution in [0.1, 0.15) is 54.5 Å². The largest absolute Gasteiger partial charge is 0.416 e. The molecule has 4 heterocycles. The van der Waals surface area contributed by atoms with E-state index in [1.165, 1.54) is 0 Å². The van der Waals surface area contributed by atoms with Gasteiger partial charge in [-0.3, -0.25) is 14.4 Å². The summed E-state index contributed by atoms with van der Waals surface area (Å²) < 4.78 is 7.37. The molecular formula is C27H33N9O3. The lowest BCUT2D eigenvalue weighted by atomic mass is 9.96. The van der Waals surface area contributed by atoms with Gasteiger partial charge in [0.25, 0.3) is 0 Å². The molecular weight excluding hydrogens is 498 g/mol. The Hall–Kier alpha value is -4.16. The molecule has 0 radical (unpaired) electrons. The fraction of sp³-hybridized carbons (Fsp3) is 0.407. The topological polar surface area (TPSA) is 147 Å². The fourth-order valence-corrected chi connectivity index (χ4v) is 4.55. The maximum Gasteiger partial charge on any atom is 0.309 e. The molecule has 1 aromatic carbocycles. The molecule has 4 aromatic rings. The van der Waals surface area contributed by atoms with E-state index in [2.05, 4.69) is 41.9 Å². The second-order valence-electron chi connectivity index (χ2n) is 10.7. The zero-order valence-electron chi connectivity index (χ0n) is 22.5. The van der Waals surface area contributed by atoms with Crippen molar-refractivity contribution in [2.24, 2.45) is 7.05 Å². The predicted molar refractivity (Wildman–Crippen MR) is 144 cm³/mol. The summed E-state index contributed by atoms with van der Waals surface area (Å²) >= 11 is 0. The van der Waals surface area contributed by atoms with Crippen LogP contribution >= 0.6 is 0 Å². The Bertz CT molecular complexity index is 1460. The number of rotatable bonds is 7. The number of anilines is 2. The van der Waals surface area contributed by atoms with E-state index < -0.39 is 5.91 Å². The first-order valence-electron chi connectivity index (χ1n) is 12.9. The number of carbonyl (C=O) groups is 1. The first-order valence-corrected chi connectivity index (χ1v) is 12.9. The van der Waals surface area contributed by atoms with Gasteiger partial charge in [-0.05, 0) is 29.7 Å². The molecule has 1 aliphatic heterocycles. The highest BCUT2D eigenvalue weighted by Crippen LogP contribution is 2.29. The third kappa shape index (κ3) is 6.13. The second-order valence-corrected chi connectivity index (χ2v) is 10.7. The highest BCUT2D eigenvalue weighted by atomic mass is 16.4.